The molecule has 5 heteroatoms. The zero-order chi connectivity index (χ0) is 14.5. The number of halogens is 2. The highest BCUT2D eigenvalue weighted by atomic mass is 35.5. The zero-order valence-electron chi connectivity index (χ0n) is 14.0. The first-order chi connectivity index (χ1) is 10.3. The third-order valence-electron chi connectivity index (χ3n) is 5.20. The summed E-state index contributed by atoms with van der Waals surface area (Å²) in [6.45, 7) is 4.30. The van der Waals surface area contributed by atoms with Crippen LogP contribution in [0.15, 0.2) is 30.3 Å². The van der Waals surface area contributed by atoms with Crippen LogP contribution in [0, 0.1) is 0 Å². The Kier molecular flexibility index (Phi) is 8.88. The van der Waals surface area contributed by atoms with Gasteiger partial charge in [-0.05, 0) is 57.8 Å². The average Bonchev–Trinajstić information content (AvgIpc) is 2.54. The van der Waals surface area contributed by atoms with Gasteiger partial charge in [0.05, 0.1) is 5.60 Å². The maximum absolute atomic E-state index is 6.18. The SMILES string of the molecule is CN(CCc1ccccc1)C1CCOC2(CCNCC2)C1.Cl.Cl. The van der Waals surface area contributed by atoms with Gasteiger partial charge in [-0.25, -0.2) is 0 Å². The Morgan fingerprint density at radius 3 is 2.57 bits per heavy atom. The normalized spacial score (nSPS) is 23.1. The van der Waals surface area contributed by atoms with Crippen LogP contribution < -0.4 is 5.32 Å². The fourth-order valence-corrected chi connectivity index (χ4v) is 3.74. The van der Waals surface area contributed by atoms with E-state index in [1.165, 1.54) is 31.2 Å². The molecule has 2 aliphatic rings. The quantitative estimate of drug-likeness (QED) is 0.891. The summed E-state index contributed by atoms with van der Waals surface area (Å²) in [4.78, 5) is 2.55. The minimum Gasteiger partial charge on any atom is -0.375 e. The summed E-state index contributed by atoms with van der Waals surface area (Å²) >= 11 is 0. The van der Waals surface area contributed by atoms with Gasteiger partial charge in [-0.1, -0.05) is 30.3 Å². The molecule has 0 aromatic heterocycles. The number of ether oxygens (including phenoxy) is 1. The highest BCUT2D eigenvalue weighted by Crippen LogP contribution is 2.34. The minimum atomic E-state index is 0. The summed E-state index contributed by atoms with van der Waals surface area (Å²) < 4.78 is 6.18. The van der Waals surface area contributed by atoms with Crippen molar-refractivity contribution in [3.63, 3.8) is 0 Å². The van der Waals surface area contributed by atoms with Gasteiger partial charge in [0.2, 0.25) is 0 Å². The van der Waals surface area contributed by atoms with Crippen LogP contribution >= 0.6 is 24.8 Å². The molecule has 1 aromatic carbocycles. The second-order valence-electron chi connectivity index (χ2n) is 6.64. The van der Waals surface area contributed by atoms with Crippen molar-refractivity contribution in [3.05, 3.63) is 35.9 Å². The van der Waals surface area contributed by atoms with Crippen LogP contribution in [0.4, 0.5) is 0 Å². The van der Waals surface area contributed by atoms with Crippen LogP contribution in [0.1, 0.15) is 31.2 Å². The Balaban J connectivity index is 0.00000132. The van der Waals surface area contributed by atoms with Crippen molar-refractivity contribution in [2.45, 2.75) is 43.7 Å². The van der Waals surface area contributed by atoms with Crippen molar-refractivity contribution in [3.8, 4) is 0 Å². The van der Waals surface area contributed by atoms with E-state index in [1.807, 2.05) is 0 Å². The number of hydrogen-bond acceptors (Lipinski definition) is 3. The highest BCUT2D eigenvalue weighted by molar-refractivity contribution is 5.85. The van der Waals surface area contributed by atoms with Gasteiger partial charge in [0.25, 0.3) is 0 Å². The number of likely N-dealkylation sites (N-methyl/N-ethyl adjacent to an activating group) is 1. The van der Waals surface area contributed by atoms with Crippen LogP contribution in [0.3, 0.4) is 0 Å². The van der Waals surface area contributed by atoms with E-state index in [1.54, 1.807) is 0 Å². The second kappa shape index (κ2) is 9.85. The number of hydrogen-bond donors (Lipinski definition) is 1. The lowest BCUT2D eigenvalue weighted by Crippen LogP contribution is -2.52. The van der Waals surface area contributed by atoms with E-state index in [0.29, 0.717) is 6.04 Å². The molecular formula is C18H30Cl2N2O. The van der Waals surface area contributed by atoms with Gasteiger partial charge in [-0.15, -0.1) is 24.8 Å². The van der Waals surface area contributed by atoms with Gasteiger partial charge in [-0.2, -0.15) is 0 Å². The summed E-state index contributed by atoms with van der Waals surface area (Å²) in [6, 6.07) is 11.5. The molecule has 3 rings (SSSR count). The molecule has 0 saturated carbocycles. The first-order valence-electron chi connectivity index (χ1n) is 8.36. The Morgan fingerprint density at radius 1 is 1.17 bits per heavy atom. The Hall–Kier alpha value is -0.320. The molecule has 0 bridgehead atoms. The maximum atomic E-state index is 6.18. The van der Waals surface area contributed by atoms with E-state index >= 15 is 0 Å². The van der Waals surface area contributed by atoms with Crippen LogP contribution in [0.5, 0.6) is 0 Å². The highest BCUT2D eigenvalue weighted by Gasteiger charge is 2.39. The summed E-state index contributed by atoms with van der Waals surface area (Å²) in [5.74, 6) is 0. The fraction of sp³-hybridized carbons (Fsp3) is 0.667. The van der Waals surface area contributed by atoms with E-state index in [4.69, 9.17) is 4.74 Å². The van der Waals surface area contributed by atoms with Crippen molar-refractivity contribution < 1.29 is 4.74 Å². The largest absolute Gasteiger partial charge is 0.375 e. The number of nitrogens with zero attached hydrogens (tertiary/aromatic N) is 1. The standard InChI is InChI=1S/C18H28N2O.2ClH/c1-20(13-7-16-5-3-2-4-6-16)17-8-14-21-18(15-17)9-11-19-12-10-18;;/h2-6,17,19H,7-15H2,1H3;2*1H. The van der Waals surface area contributed by atoms with Crippen LogP contribution in [-0.4, -0.2) is 49.8 Å². The molecule has 23 heavy (non-hydrogen) atoms. The molecule has 0 aliphatic carbocycles. The van der Waals surface area contributed by atoms with E-state index in [9.17, 15) is 0 Å². The zero-order valence-corrected chi connectivity index (χ0v) is 15.6. The lowest BCUT2D eigenvalue weighted by molar-refractivity contribution is -0.118. The lowest BCUT2D eigenvalue weighted by Gasteiger charge is -2.46. The van der Waals surface area contributed by atoms with E-state index in [2.05, 4.69) is 47.6 Å². The van der Waals surface area contributed by atoms with Crippen molar-refractivity contribution in [1.29, 1.82) is 0 Å². The molecule has 2 heterocycles. The predicted molar refractivity (Wildman–Crippen MR) is 101 cm³/mol. The number of rotatable bonds is 4. The van der Waals surface area contributed by atoms with Gasteiger partial charge in [0.15, 0.2) is 0 Å². The van der Waals surface area contributed by atoms with E-state index in [-0.39, 0.29) is 30.4 Å². The van der Waals surface area contributed by atoms with E-state index in [0.717, 1.165) is 32.7 Å². The first-order valence-corrected chi connectivity index (χ1v) is 8.36. The third-order valence-corrected chi connectivity index (χ3v) is 5.20. The van der Waals surface area contributed by atoms with Crippen molar-refractivity contribution >= 4 is 24.8 Å². The Morgan fingerprint density at radius 2 is 1.87 bits per heavy atom. The molecule has 0 amide bonds. The molecule has 1 atom stereocenters. The monoisotopic (exact) mass is 360 g/mol. The van der Waals surface area contributed by atoms with E-state index < -0.39 is 0 Å². The second-order valence-corrected chi connectivity index (χ2v) is 6.64. The number of benzene rings is 1. The topological polar surface area (TPSA) is 24.5 Å². The van der Waals surface area contributed by atoms with Gasteiger partial charge in [0, 0.05) is 19.2 Å². The van der Waals surface area contributed by atoms with Crippen molar-refractivity contribution in [2.24, 2.45) is 0 Å². The first kappa shape index (κ1) is 20.7. The molecule has 1 N–H and O–H groups in total. The molecule has 2 fully saturated rings. The molecule has 3 nitrogen and oxygen atoms in total. The molecule has 2 saturated heterocycles. The molecule has 1 unspecified atom stereocenters. The van der Waals surface area contributed by atoms with Gasteiger partial charge >= 0.3 is 0 Å². The van der Waals surface area contributed by atoms with Crippen LogP contribution in [-0.2, 0) is 11.2 Å². The predicted octanol–water partition coefficient (Wildman–Crippen LogP) is 3.31. The van der Waals surface area contributed by atoms with Crippen LogP contribution in [0.2, 0.25) is 0 Å². The molecule has 0 radical (unpaired) electrons. The number of nitrogens with one attached hydrogen (secondary N) is 1. The molecule has 1 aromatic rings. The van der Waals surface area contributed by atoms with Crippen molar-refractivity contribution in [2.75, 3.05) is 33.3 Å². The molecule has 1 spiro atoms. The molecule has 2 aliphatic heterocycles. The molecule has 132 valence electrons. The maximum Gasteiger partial charge on any atom is 0.0721 e. The lowest BCUT2D eigenvalue weighted by atomic mass is 9.82. The Bertz CT molecular complexity index is 432. The van der Waals surface area contributed by atoms with Gasteiger partial charge in [-0.3, -0.25) is 0 Å². The summed E-state index contributed by atoms with van der Waals surface area (Å²) in [7, 11) is 2.29. The van der Waals surface area contributed by atoms with Gasteiger partial charge < -0.3 is 15.0 Å². The van der Waals surface area contributed by atoms with Crippen molar-refractivity contribution in [1.82, 2.24) is 10.2 Å². The van der Waals surface area contributed by atoms with Gasteiger partial charge in [0.1, 0.15) is 0 Å². The minimum absolute atomic E-state index is 0. The van der Waals surface area contributed by atoms with Crippen LogP contribution in [0.25, 0.3) is 0 Å². The summed E-state index contributed by atoms with van der Waals surface area (Å²) in [6.07, 6.45) is 5.88. The summed E-state index contributed by atoms with van der Waals surface area (Å²) in [5, 5.41) is 3.45. The summed E-state index contributed by atoms with van der Waals surface area (Å²) in [5.41, 5.74) is 1.60. The molecular weight excluding hydrogens is 331 g/mol. The number of piperidine rings is 1. The fourth-order valence-electron chi connectivity index (χ4n) is 3.74. The third kappa shape index (κ3) is 5.61. The average molecular weight is 361 g/mol. The smallest absolute Gasteiger partial charge is 0.0721 e. The Labute approximate surface area is 153 Å².